The van der Waals surface area contributed by atoms with E-state index in [-0.39, 0.29) is 6.42 Å². The van der Waals surface area contributed by atoms with E-state index >= 15 is 0 Å². The summed E-state index contributed by atoms with van der Waals surface area (Å²) in [6.45, 7) is 6.12. The molecule has 29 heavy (non-hydrogen) atoms. The zero-order chi connectivity index (χ0) is 20.9. The van der Waals surface area contributed by atoms with Crippen LogP contribution in [0, 0.1) is 0 Å². The highest BCUT2D eigenvalue weighted by Gasteiger charge is 2.30. The van der Waals surface area contributed by atoms with E-state index in [0.29, 0.717) is 43.7 Å². The summed E-state index contributed by atoms with van der Waals surface area (Å²) >= 11 is 0. The molecule has 1 fully saturated rings. The van der Waals surface area contributed by atoms with Crippen molar-refractivity contribution < 1.29 is 17.9 Å². The van der Waals surface area contributed by atoms with Crippen LogP contribution in [0.15, 0.2) is 24.7 Å². The quantitative estimate of drug-likeness (QED) is 0.549. The number of halogens is 3. The maximum absolute atomic E-state index is 12.2. The second kappa shape index (κ2) is 9.56. The highest BCUT2D eigenvalue weighted by Crippen LogP contribution is 2.24. The molecule has 0 spiro atoms. The first-order chi connectivity index (χ1) is 13.8. The molecule has 1 saturated heterocycles. The van der Waals surface area contributed by atoms with Gasteiger partial charge in [-0.25, -0.2) is 4.68 Å². The summed E-state index contributed by atoms with van der Waals surface area (Å²) in [7, 11) is 0. The van der Waals surface area contributed by atoms with Crippen molar-refractivity contribution in [3.05, 3.63) is 30.4 Å². The van der Waals surface area contributed by atoms with Crippen LogP contribution in [-0.4, -0.2) is 56.3 Å². The van der Waals surface area contributed by atoms with Gasteiger partial charge < -0.3 is 4.74 Å². The number of likely N-dealkylation sites (tertiary alicyclic amines) is 1. The van der Waals surface area contributed by atoms with Gasteiger partial charge in [0.1, 0.15) is 12.4 Å². The maximum Gasteiger partial charge on any atom is 0.389 e. The van der Waals surface area contributed by atoms with Crippen molar-refractivity contribution in [2.24, 2.45) is 0 Å². The lowest BCUT2D eigenvalue weighted by molar-refractivity contribution is -0.135. The number of alkyl halides is 3. The van der Waals surface area contributed by atoms with Gasteiger partial charge in [0, 0.05) is 31.1 Å². The molecular formula is C20H28F3N5O. The SMILES string of the molecule is CC(C)N1CC[C@H]1COc1cncc(-n2cc(CCCCCC(F)(F)F)nn2)c1. The summed E-state index contributed by atoms with van der Waals surface area (Å²) in [5, 5.41) is 8.22. The number of nitrogens with zero attached hydrogens (tertiary/aromatic N) is 5. The van der Waals surface area contributed by atoms with Crippen molar-refractivity contribution in [2.75, 3.05) is 13.2 Å². The molecule has 3 heterocycles. The topological polar surface area (TPSA) is 56.1 Å². The summed E-state index contributed by atoms with van der Waals surface area (Å²) in [4.78, 5) is 6.63. The minimum atomic E-state index is -4.07. The molecule has 0 amide bonds. The molecule has 0 N–H and O–H groups in total. The Hall–Kier alpha value is -2.16. The highest BCUT2D eigenvalue weighted by molar-refractivity contribution is 5.34. The lowest BCUT2D eigenvalue weighted by atomic mass is 10.0. The van der Waals surface area contributed by atoms with E-state index in [9.17, 15) is 13.2 Å². The molecule has 3 rings (SSSR count). The molecule has 9 heteroatoms. The van der Waals surface area contributed by atoms with Crippen LogP contribution in [-0.2, 0) is 6.42 Å². The zero-order valence-electron chi connectivity index (χ0n) is 16.9. The molecule has 1 atom stereocenters. The van der Waals surface area contributed by atoms with Gasteiger partial charge in [0.2, 0.25) is 0 Å². The molecule has 0 aliphatic carbocycles. The summed E-state index contributed by atoms with van der Waals surface area (Å²) in [5.41, 5.74) is 1.50. The van der Waals surface area contributed by atoms with Crippen LogP contribution >= 0.6 is 0 Å². The molecule has 1 aliphatic heterocycles. The third kappa shape index (κ3) is 6.42. The predicted molar refractivity (Wildman–Crippen MR) is 103 cm³/mol. The molecule has 2 aromatic heterocycles. The van der Waals surface area contributed by atoms with E-state index < -0.39 is 12.6 Å². The van der Waals surface area contributed by atoms with Crippen LogP contribution in [0.4, 0.5) is 13.2 Å². The highest BCUT2D eigenvalue weighted by atomic mass is 19.4. The smallest absolute Gasteiger partial charge is 0.389 e. The van der Waals surface area contributed by atoms with Gasteiger partial charge in [-0.2, -0.15) is 13.2 Å². The molecule has 0 aromatic carbocycles. The number of hydrogen-bond donors (Lipinski definition) is 0. The van der Waals surface area contributed by atoms with E-state index in [4.69, 9.17) is 4.74 Å². The molecule has 2 aromatic rings. The Balaban J connectivity index is 1.48. The van der Waals surface area contributed by atoms with E-state index in [1.165, 1.54) is 0 Å². The molecule has 0 unspecified atom stereocenters. The standard InChI is InChI=1S/C20H28F3N5O/c1-15(2)27-9-7-17(27)14-29-19-10-18(11-24-12-19)28-13-16(25-26-28)6-4-3-5-8-20(21,22)23/h10-13,15,17H,3-9,14H2,1-2H3/t17-/m0/s1. The van der Waals surface area contributed by atoms with Crippen LogP contribution in [0.2, 0.25) is 0 Å². The van der Waals surface area contributed by atoms with Crippen molar-refractivity contribution in [1.82, 2.24) is 24.9 Å². The fourth-order valence-corrected chi connectivity index (χ4v) is 3.47. The van der Waals surface area contributed by atoms with Gasteiger partial charge in [-0.3, -0.25) is 9.88 Å². The number of pyridine rings is 1. The van der Waals surface area contributed by atoms with Crippen LogP contribution in [0.25, 0.3) is 5.69 Å². The van der Waals surface area contributed by atoms with Gasteiger partial charge in [-0.05, 0) is 39.5 Å². The van der Waals surface area contributed by atoms with Crippen molar-refractivity contribution in [1.29, 1.82) is 0 Å². The molecule has 0 saturated carbocycles. The number of hydrogen-bond acceptors (Lipinski definition) is 5. The fourth-order valence-electron chi connectivity index (χ4n) is 3.47. The van der Waals surface area contributed by atoms with Gasteiger partial charge in [-0.1, -0.05) is 11.6 Å². The molecule has 6 nitrogen and oxygen atoms in total. The monoisotopic (exact) mass is 411 g/mol. The number of unbranched alkanes of at least 4 members (excludes halogenated alkanes) is 2. The first-order valence-electron chi connectivity index (χ1n) is 10.1. The second-order valence-corrected chi connectivity index (χ2v) is 7.79. The summed E-state index contributed by atoms with van der Waals surface area (Å²) < 4.78 is 44.0. The second-order valence-electron chi connectivity index (χ2n) is 7.79. The van der Waals surface area contributed by atoms with E-state index in [1.54, 1.807) is 23.3 Å². The average Bonchev–Trinajstić information content (AvgIpc) is 3.08. The molecule has 160 valence electrons. The lowest BCUT2D eigenvalue weighted by Crippen LogP contribution is -2.54. The van der Waals surface area contributed by atoms with Crippen LogP contribution < -0.4 is 4.74 Å². The van der Waals surface area contributed by atoms with E-state index in [0.717, 1.165) is 24.3 Å². The van der Waals surface area contributed by atoms with Crippen LogP contribution in [0.5, 0.6) is 5.75 Å². The first kappa shape index (κ1) is 21.5. The number of rotatable bonds is 10. The number of aryl methyl sites for hydroxylation is 1. The minimum absolute atomic E-state index is 0.149. The minimum Gasteiger partial charge on any atom is -0.490 e. The lowest BCUT2D eigenvalue weighted by Gasteiger charge is -2.43. The van der Waals surface area contributed by atoms with Crippen LogP contribution in [0.3, 0.4) is 0 Å². The molecule has 1 aliphatic rings. The normalized spacial score (nSPS) is 17.5. The first-order valence-corrected chi connectivity index (χ1v) is 10.1. The Morgan fingerprint density at radius 2 is 2.03 bits per heavy atom. The Labute approximate surface area is 169 Å². The van der Waals surface area contributed by atoms with Gasteiger partial charge in [0.05, 0.1) is 30.0 Å². The van der Waals surface area contributed by atoms with Gasteiger partial charge in [-0.15, -0.1) is 5.10 Å². The Bertz CT molecular complexity index is 777. The van der Waals surface area contributed by atoms with Gasteiger partial charge in [0.15, 0.2) is 0 Å². The van der Waals surface area contributed by atoms with Crippen molar-refractivity contribution >= 4 is 0 Å². The Morgan fingerprint density at radius 3 is 2.72 bits per heavy atom. The third-order valence-electron chi connectivity index (χ3n) is 5.19. The van der Waals surface area contributed by atoms with Crippen molar-refractivity contribution in [3.8, 4) is 11.4 Å². The molecule has 0 bridgehead atoms. The number of aromatic nitrogens is 4. The third-order valence-corrected chi connectivity index (χ3v) is 5.19. The predicted octanol–water partition coefficient (Wildman–Crippen LogP) is 4.19. The average molecular weight is 411 g/mol. The largest absolute Gasteiger partial charge is 0.490 e. The fraction of sp³-hybridized carbons (Fsp3) is 0.650. The summed E-state index contributed by atoms with van der Waals surface area (Å²) in [6, 6.07) is 2.82. The molecule has 0 radical (unpaired) electrons. The summed E-state index contributed by atoms with van der Waals surface area (Å²) in [6.07, 6.45) is 3.42. The zero-order valence-corrected chi connectivity index (χ0v) is 16.9. The molecular weight excluding hydrogens is 383 g/mol. The maximum atomic E-state index is 12.2. The van der Waals surface area contributed by atoms with E-state index in [1.807, 2.05) is 6.07 Å². The Morgan fingerprint density at radius 1 is 1.21 bits per heavy atom. The number of ether oxygens (including phenoxy) is 1. The Kier molecular flexibility index (Phi) is 7.10. The van der Waals surface area contributed by atoms with Gasteiger partial charge >= 0.3 is 6.18 Å². The van der Waals surface area contributed by atoms with Crippen LogP contribution in [0.1, 0.15) is 51.6 Å². The van der Waals surface area contributed by atoms with Crippen molar-refractivity contribution in [3.63, 3.8) is 0 Å². The van der Waals surface area contributed by atoms with Gasteiger partial charge in [0.25, 0.3) is 0 Å². The summed E-state index contributed by atoms with van der Waals surface area (Å²) in [5.74, 6) is 0.683. The van der Waals surface area contributed by atoms with Crippen molar-refractivity contribution in [2.45, 2.75) is 70.6 Å². The van der Waals surface area contributed by atoms with E-state index in [2.05, 4.69) is 34.0 Å².